The van der Waals surface area contributed by atoms with Gasteiger partial charge in [0.2, 0.25) is 5.95 Å². The normalized spacial score (nSPS) is 13.3. The monoisotopic (exact) mass is 788 g/mol. The topological polar surface area (TPSA) is 85.5 Å². The van der Waals surface area contributed by atoms with Crippen molar-refractivity contribution in [2.75, 3.05) is 7.11 Å². The van der Waals surface area contributed by atoms with Crippen LogP contribution >= 0.6 is 46.4 Å². The lowest BCUT2D eigenvalue weighted by Crippen LogP contribution is -2.39. The van der Waals surface area contributed by atoms with Crippen LogP contribution in [0.15, 0.2) is 36.5 Å². The summed E-state index contributed by atoms with van der Waals surface area (Å²) in [5.41, 5.74) is 2.41. The molecule has 1 saturated carbocycles. The van der Waals surface area contributed by atoms with Gasteiger partial charge in [0, 0.05) is 53.0 Å². The minimum atomic E-state index is -2.88. The number of aromatic nitrogens is 4. The number of alkyl halides is 2. The van der Waals surface area contributed by atoms with Gasteiger partial charge in [-0.1, -0.05) is 66.3 Å². The molecule has 0 spiro atoms. The van der Waals surface area contributed by atoms with Gasteiger partial charge in [0.05, 0.1) is 24.4 Å². The van der Waals surface area contributed by atoms with E-state index in [-0.39, 0.29) is 29.5 Å². The Hall–Kier alpha value is -3.29. The van der Waals surface area contributed by atoms with Gasteiger partial charge in [0.25, 0.3) is 18.2 Å². The van der Waals surface area contributed by atoms with Crippen molar-refractivity contribution < 1.29 is 27.6 Å². The standard InChI is InChI=1S/C19H23ClFN3O.C16H16Cl3F2N3O2/c1-11(2)16-8-5-14(20)9-13(16)10-24(15-6-7-15)19(25)17-12(3)22-23(4)18(17)21;1-8(4-10-12(18)5-9(17)6-13(10)19)24(26-3)16(25)11-7-23(2)22-14(11)15(20)21/h5,8-9,11,15H,6-7,10H2,1-4H3;5-8,15H,4H2,1-3H3. The summed E-state index contributed by atoms with van der Waals surface area (Å²) in [5.74, 6) is -1.28. The third-order valence-corrected chi connectivity index (χ3v) is 9.51. The van der Waals surface area contributed by atoms with Gasteiger partial charge in [-0.2, -0.15) is 14.6 Å². The molecule has 0 aliphatic heterocycles. The molecule has 2 aromatic heterocycles. The molecule has 1 aliphatic carbocycles. The lowest BCUT2D eigenvalue weighted by molar-refractivity contribution is -0.119. The van der Waals surface area contributed by atoms with Crippen molar-refractivity contribution in [3.05, 3.63) is 102 Å². The van der Waals surface area contributed by atoms with Crippen molar-refractivity contribution >= 4 is 58.2 Å². The van der Waals surface area contributed by atoms with Crippen LogP contribution < -0.4 is 0 Å². The highest BCUT2D eigenvalue weighted by Gasteiger charge is 2.36. The molecule has 1 aliphatic rings. The van der Waals surface area contributed by atoms with Crippen molar-refractivity contribution in [1.29, 1.82) is 0 Å². The Balaban J connectivity index is 0.000000229. The molecule has 2 amide bonds. The highest BCUT2D eigenvalue weighted by Crippen LogP contribution is 2.34. The van der Waals surface area contributed by atoms with E-state index in [1.54, 1.807) is 18.7 Å². The van der Waals surface area contributed by atoms with E-state index < -0.39 is 30.0 Å². The van der Waals surface area contributed by atoms with E-state index in [1.807, 2.05) is 18.2 Å². The zero-order valence-electron chi connectivity index (χ0n) is 29.2. The van der Waals surface area contributed by atoms with Gasteiger partial charge in [-0.15, -0.1) is 0 Å². The van der Waals surface area contributed by atoms with Crippen molar-refractivity contribution in [2.24, 2.45) is 14.1 Å². The smallest absolute Gasteiger partial charge is 0.282 e. The van der Waals surface area contributed by atoms with Crippen LogP contribution in [0.5, 0.6) is 0 Å². The Labute approximate surface area is 315 Å². The van der Waals surface area contributed by atoms with Crippen molar-refractivity contribution in [2.45, 2.75) is 77.9 Å². The first-order valence-electron chi connectivity index (χ1n) is 16.1. The summed E-state index contributed by atoms with van der Waals surface area (Å²) >= 11 is 24.4. The number of carbonyl (C=O) groups excluding carboxylic acids is 2. The molecule has 51 heavy (non-hydrogen) atoms. The first-order chi connectivity index (χ1) is 23.9. The maximum Gasteiger partial charge on any atom is 0.282 e. The highest BCUT2D eigenvalue weighted by molar-refractivity contribution is 6.39. The maximum absolute atomic E-state index is 14.4. The van der Waals surface area contributed by atoms with Crippen LogP contribution in [-0.2, 0) is 31.9 Å². The van der Waals surface area contributed by atoms with Crippen molar-refractivity contribution in [3.8, 4) is 0 Å². The second-order valence-corrected chi connectivity index (χ2v) is 14.3. The highest BCUT2D eigenvalue weighted by atomic mass is 35.5. The van der Waals surface area contributed by atoms with Crippen LogP contribution in [-0.4, -0.2) is 60.5 Å². The molecule has 1 atom stereocenters. The number of carbonyl (C=O) groups is 2. The Morgan fingerprint density at radius 2 is 1.61 bits per heavy atom. The molecule has 0 saturated heterocycles. The number of nitrogens with zero attached hydrogens (tertiary/aromatic N) is 6. The molecular formula is C35H39Cl4F3N6O3. The van der Waals surface area contributed by atoms with E-state index in [0.29, 0.717) is 43.8 Å². The fraction of sp³-hybridized carbons (Fsp3) is 0.429. The maximum atomic E-state index is 14.4. The largest absolute Gasteiger partial charge is 0.331 e. The van der Waals surface area contributed by atoms with E-state index in [0.717, 1.165) is 38.4 Å². The number of aryl methyl sites for hydroxylation is 3. The van der Waals surface area contributed by atoms with E-state index in [9.17, 15) is 22.8 Å². The number of rotatable bonds is 11. The van der Waals surface area contributed by atoms with E-state index in [1.165, 1.54) is 39.5 Å². The van der Waals surface area contributed by atoms with E-state index in [4.69, 9.17) is 51.2 Å². The van der Waals surface area contributed by atoms with Gasteiger partial charge < -0.3 is 4.90 Å². The molecule has 2 heterocycles. The summed E-state index contributed by atoms with van der Waals surface area (Å²) < 4.78 is 42.9. The third-order valence-electron chi connectivity index (χ3n) is 8.38. The SMILES string of the molecule is CON(C(=O)c1cn(C)nc1C(F)F)C(C)Cc1c(Cl)cc(Cl)cc1Cl.Cc1nn(C)c(F)c1C(=O)N(Cc1cc(Cl)ccc1C(C)C)C1CC1. The van der Waals surface area contributed by atoms with E-state index >= 15 is 0 Å². The fourth-order valence-corrected chi connectivity index (χ4v) is 6.95. The molecule has 2 aromatic carbocycles. The van der Waals surface area contributed by atoms with Gasteiger partial charge in [0.15, 0.2) is 0 Å². The van der Waals surface area contributed by atoms with Crippen molar-refractivity contribution in [1.82, 2.24) is 29.5 Å². The number of amides is 2. The lowest BCUT2D eigenvalue weighted by atomic mass is 9.96. The molecule has 5 rings (SSSR count). The summed E-state index contributed by atoms with van der Waals surface area (Å²) in [6.45, 7) is 8.01. The molecule has 0 bridgehead atoms. The zero-order chi connectivity index (χ0) is 37.9. The number of benzene rings is 2. The molecule has 9 nitrogen and oxygen atoms in total. The minimum absolute atomic E-state index is 0.0718. The van der Waals surface area contributed by atoms with Crippen LogP contribution in [0.2, 0.25) is 20.1 Å². The zero-order valence-corrected chi connectivity index (χ0v) is 32.2. The van der Waals surface area contributed by atoms with E-state index in [2.05, 4.69) is 24.0 Å². The van der Waals surface area contributed by atoms with Crippen LogP contribution in [0.4, 0.5) is 13.2 Å². The predicted molar refractivity (Wildman–Crippen MR) is 192 cm³/mol. The Kier molecular flexibility index (Phi) is 13.5. The molecule has 276 valence electrons. The number of hydrogen-bond donors (Lipinski definition) is 0. The first kappa shape index (κ1) is 40.5. The predicted octanol–water partition coefficient (Wildman–Crippen LogP) is 9.40. The average molecular weight is 791 g/mol. The summed E-state index contributed by atoms with van der Waals surface area (Å²) in [6.07, 6.45) is 0.474. The fourth-order valence-electron chi connectivity index (χ4n) is 5.79. The number of halogens is 7. The van der Waals surface area contributed by atoms with Crippen LogP contribution in [0, 0.1) is 12.9 Å². The Morgan fingerprint density at radius 3 is 2.12 bits per heavy atom. The molecule has 0 N–H and O–H groups in total. The van der Waals surface area contributed by atoms with Crippen LogP contribution in [0.25, 0.3) is 0 Å². The Bertz CT molecular complexity index is 1870. The molecular weight excluding hydrogens is 751 g/mol. The minimum Gasteiger partial charge on any atom is -0.331 e. The average Bonchev–Trinajstić information content (AvgIpc) is 3.75. The first-order valence-corrected chi connectivity index (χ1v) is 17.6. The number of hydroxylamine groups is 2. The number of hydrogen-bond acceptors (Lipinski definition) is 5. The van der Waals surface area contributed by atoms with Gasteiger partial charge >= 0.3 is 0 Å². The second-order valence-electron chi connectivity index (χ2n) is 12.7. The quantitative estimate of drug-likeness (QED) is 0.142. The van der Waals surface area contributed by atoms with Crippen LogP contribution in [0.1, 0.15) is 94.8 Å². The third kappa shape index (κ3) is 9.58. The second kappa shape index (κ2) is 17.0. The van der Waals surface area contributed by atoms with Crippen molar-refractivity contribution in [3.63, 3.8) is 0 Å². The molecule has 0 radical (unpaired) electrons. The van der Waals surface area contributed by atoms with Gasteiger partial charge in [-0.25, -0.2) is 18.5 Å². The summed E-state index contributed by atoms with van der Waals surface area (Å²) in [7, 11) is 4.24. The van der Waals surface area contributed by atoms with Gasteiger partial charge in [0.1, 0.15) is 11.3 Å². The summed E-state index contributed by atoms with van der Waals surface area (Å²) in [5, 5.41) is 10.4. The molecule has 1 unspecified atom stereocenters. The Morgan fingerprint density at radius 1 is 0.980 bits per heavy atom. The molecule has 1 fully saturated rings. The molecule has 4 aromatic rings. The van der Waals surface area contributed by atoms with Gasteiger partial charge in [-0.05, 0) is 80.0 Å². The van der Waals surface area contributed by atoms with Gasteiger partial charge in [-0.3, -0.25) is 19.1 Å². The lowest BCUT2D eigenvalue weighted by Gasteiger charge is -2.27. The summed E-state index contributed by atoms with van der Waals surface area (Å²) in [6, 6.07) is 8.46. The summed E-state index contributed by atoms with van der Waals surface area (Å²) in [4.78, 5) is 32.7. The van der Waals surface area contributed by atoms with Crippen LogP contribution in [0.3, 0.4) is 0 Å². The molecule has 16 heteroatoms.